The first-order valence-corrected chi connectivity index (χ1v) is 11.5. The summed E-state index contributed by atoms with van der Waals surface area (Å²) in [4.78, 5) is 30.2. The number of nitrogens with zero attached hydrogens (tertiary/aromatic N) is 3. The molecule has 0 N–H and O–H groups in total. The van der Waals surface area contributed by atoms with Crippen molar-refractivity contribution in [3.8, 4) is 0 Å². The smallest absolute Gasteiger partial charge is 0.423 e. The fourth-order valence-electron chi connectivity index (χ4n) is 3.40. The van der Waals surface area contributed by atoms with Crippen LogP contribution in [0.3, 0.4) is 0 Å². The summed E-state index contributed by atoms with van der Waals surface area (Å²) in [5, 5.41) is 0. The lowest BCUT2D eigenvalue weighted by Crippen LogP contribution is -2.36. The predicted octanol–water partition coefficient (Wildman–Crippen LogP) is 3.21. The van der Waals surface area contributed by atoms with Crippen LogP contribution in [0.1, 0.15) is 39.2 Å². The highest BCUT2D eigenvalue weighted by molar-refractivity contribution is 7.90. The van der Waals surface area contributed by atoms with E-state index in [-0.39, 0.29) is 11.4 Å². The van der Waals surface area contributed by atoms with Gasteiger partial charge in [-0.15, -0.1) is 0 Å². The van der Waals surface area contributed by atoms with Gasteiger partial charge in [0.05, 0.1) is 28.7 Å². The van der Waals surface area contributed by atoms with E-state index in [1.54, 1.807) is 38.2 Å². The number of rotatable bonds is 6. The highest BCUT2D eigenvalue weighted by atomic mass is 32.2. The summed E-state index contributed by atoms with van der Waals surface area (Å²) in [7, 11) is -3.31. The van der Waals surface area contributed by atoms with Gasteiger partial charge in [0.15, 0.2) is 9.84 Å². The molecule has 9 heteroatoms. The molecule has 0 aliphatic rings. The molecule has 0 saturated heterocycles. The monoisotopic (exact) mass is 431 g/mol. The van der Waals surface area contributed by atoms with Crippen molar-refractivity contribution in [1.82, 2.24) is 14.1 Å². The Bertz CT molecular complexity index is 1240. The summed E-state index contributed by atoms with van der Waals surface area (Å²) in [5.74, 6) is 0. The van der Waals surface area contributed by atoms with Crippen molar-refractivity contribution in [1.29, 1.82) is 0 Å². The third kappa shape index (κ3) is 4.46. The lowest BCUT2D eigenvalue weighted by Gasteiger charge is -2.24. The number of benzene rings is 1. The maximum Gasteiger partial charge on any atom is 0.423 e. The van der Waals surface area contributed by atoms with E-state index in [2.05, 4.69) is 4.98 Å². The van der Waals surface area contributed by atoms with Crippen LogP contribution in [-0.4, -0.2) is 40.5 Å². The van der Waals surface area contributed by atoms with E-state index in [0.717, 1.165) is 22.8 Å². The van der Waals surface area contributed by atoms with Gasteiger partial charge < -0.3 is 4.74 Å². The van der Waals surface area contributed by atoms with Crippen molar-refractivity contribution >= 4 is 27.0 Å². The molecule has 0 bridgehead atoms. The number of ether oxygens (including phenoxy) is 1. The quantitative estimate of drug-likeness (QED) is 0.594. The van der Waals surface area contributed by atoms with E-state index < -0.39 is 27.2 Å². The van der Waals surface area contributed by atoms with Crippen LogP contribution in [-0.2, 0) is 21.1 Å². The predicted molar refractivity (Wildman–Crippen MR) is 114 cm³/mol. The van der Waals surface area contributed by atoms with Crippen LogP contribution in [0.15, 0.2) is 52.4 Å². The van der Waals surface area contributed by atoms with Gasteiger partial charge in [0.1, 0.15) is 5.60 Å². The van der Waals surface area contributed by atoms with E-state index in [9.17, 15) is 18.0 Å². The van der Waals surface area contributed by atoms with Crippen LogP contribution in [0, 0.1) is 0 Å². The highest BCUT2D eigenvalue weighted by Crippen LogP contribution is 2.20. The molecule has 1 aromatic carbocycles. The second kappa shape index (κ2) is 8.06. The van der Waals surface area contributed by atoms with E-state index in [1.165, 1.54) is 22.9 Å². The molecular weight excluding hydrogens is 406 g/mol. The largest absolute Gasteiger partial charge is 0.443 e. The molecule has 30 heavy (non-hydrogen) atoms. The van der Waals surface area contributed by atoms with Gasteiger partial charge in [-0.25, -0.2) is 18.0 Å². The minimum atomic E-state index is -3.31. The average molecular weight is 432 g/mol. The minimum absolute atomic E-state index is 0.169. The first kappa shape index (κ1) is 21.8. The third-order valence-electron chi connectivity index (χ3n) is 4.82. The fraction of sp³-hybridized carbons (Fsp3) is 0.381. The molecule has 0 spiro atoms. The van der Waals surface area contributed by atoms with E-state index >= 15 is 0 Å². The number of imidazole rings is 1. The van der Waals surface area contributed by atoms with E-state index in [1.807, 2.05) is 6.92 Å². The SMILES string of the molecule is CCCC(C)(C)OC(=O)n1c(=O)n(Cc2ccc(S(C)(=O)=O)cc2)c2ccncc21. The van der Waals surface area contributed by atoms with Crippen LogP contribution < -0.4 is 5.69 Å². The van der Waals surface area contributed by atoms with Crippen molar-refractivity contribution in [2.45, 2.75) is 50.7 Å². The summed E-state index contributed by atoms with van der Waals surface area (Å²) < 4.78 is 31.3. The van der Waals surface area contributed by atoms with E-state index in [0.29, 0.717) is 17.5 Å². The maximum absolute atomic E-state index is 13.1. The number of fused-ring (bicyclic) bond motifs is 1. The van der Waals surface area contributed by atoms with Crippen molar-refractivity contribution in [2.24, 2.45) is 0 Å². The lowest BCUT2D eigenvalue weighted by molar-refractivity contribution is 0.0331. The molecule has 0 unspecified atom stereocenters. The normalized spacial score (nSPS) is 12.3. The van der Waals surface area contributed by atoms with Crippen molar-refractivity contribution in [2.75, 3.05) is 6.26 Å². The minimum Gasteiger partial charge on any atom is -0.443 e. The van der Waals surface area contributed by atoms with Crippen LogP contribution in [0.4, 0.5) is 4.79 Å². The number of aromatic nitrogens is 3. The van der Waals surface area contributed by atoms with Gasteiger partial charge in [-0.3, -0.25) is 9.55 Å². The molecule has 8 nitrogen and oxygen atoms in total. The first-order chi connectivity index (χ1) is 14.0. The zero-order valence-corrected chi connectivity index (χ0v) is 18.3. The molecule has 0 atom stereocenters. The van der Waals surface area contributed by atoms with Gasteiger partial charge in [-0.1, -0.05) is 25.5 Å². The number of carbonyl (C=O) groups excluding carboxylic acids is 1. The molecule has 0 radical (unpaired) electrons. The Balaban J connectivity index is 2.02. The summed E-state index contributed by atoms with van der Waals surface area (Å²) in [5.41, 5.74) is 0.367. The Morgan fingerprint density at radius 2 is 1.80 bits per heavy atom. The third-order valence-corrected chi connectivity index (χ3v) is 5.95. The summed E-state index contributed by atoms with van der Waals surface area (Å²) in [6.45, 7) is 5.77. The maximum atomic E-state index is 13.1. The van der Waals surface area contributed by atoms with Crippen molar-refractivity contribution in [3.05, 3.63) is 58.8 Å². The molecule has 3 aromatic rings. The van der Waals surface area contributed by atoms with Crippen LogP contribution in [0.25, 0.3) is 11.0 Å². The Labute approximate surface area is 175 Å². The Morgan fingerprint density at radius 3 is 2.40 bits per heavy atom. The molecule has 2 heterocycles. The molecular formula is C21H25N3O5S. The molecule has 2 aromatic heterocycles. The Hall–Kier alpha value is -2.94. The van der Waals surface area contributed by atoms with Crippen LogP contribution >= 0.6 is 0 Å². The highest BCUT2D eigenvalue weighted by Gasteiger charge is 2.26. The second-order valence-electron chi connectivity index (χ2n) is 7.86. The standard InChI is InChI=1S/C21H25N3O5S/c1-5-11-21(2,3)29-20(26)24-18-13-22-12-10-17(18)23(19(24)25)14-15-6-8-16(9-7-15)30(4,27)28/h6-10,12-13H,5,11,14H2,1-4H3. The van der Waals surface area contributed by atoms with Gasteiger partial charge in [-0.05, 0) is 44.0 Å². The zero-order chi connectivity index (χ0) is 22.1. The average Bonchev–Trinajstić information content (AvgIpc) is 2.93. The topological polar surface area (TPSA) is 100 Å². The molecule has 0 fully saturated rings. The number of hydrogen-bond acceptors (Lipinski definition) is 6. The van der Waals surface area contributed by atoms with Crippen molar-refractivity contribution < 1.29 is 17.9 Å². The van der Waals surface area contributed by atoms with Gasteiger partial charge in [0.2, 0.25) is 0 Å². The van der Waals surface area contributed by atoms with Crippen LogP contribution in [0.5, 0.6) is 0 Å². The molecule has 3 rings (SSSR count). The molecule has 0 saturated carbocycles. The molecule has 160 valence electrons. The van der Waals surface area contributed by atoms with Gasteiger partial charge in [0.25, 0.3) is 0 Å². The number of carbonyl (C=O) groups is 1. The summed E-state index contributed by atoms with van der Waals surface area (Å²) in [6.07, 6.45) is 4.88. The molecule has 0 amide bonds. The second-order valence-corrected chi connectivity index (χ2v) is 9.88. The molecule has 0 aliphatic carbocycles. The van der Waals surface area contributed by atoms with Crippen molar-refractivity contribution in [3.63, 3.8) is 0 Å². The number of hydrogen-bond donors (Lipinski definition) is 0. The molecule has 0 aliphatic heterocycles. The Kier molecular flexibility index (Phi) is 5.85. The zero-order valence-electron chi connectivity index (χ0n) is 17.5. The van der Waals surface area contributed by atoms with Gasteiger partial charge >= 0.3 is 11.8 Å². The summed E-state index contributed by atoms with van der Waals surface area (Å²) >= 11 is 0. The number of pyridine rings is 1. The summed E-state index contributed by atoms with van der Waals surface area (Å²) in [6, 6.07) is 7.95. The Morgan fingerprint density at radius 1 is 1.13 bits per heavy atom. The number of sulfone groups is 1. The first-order valence-electron chi connectivity index (χ1n) is 9.61. The lowest BCUT2D eigenvalue weighted by atomic mass is 10.0. The van der Waals surface area contributed by atoms with Gasteiger partial charge in [0, 0.05) is 12.5 Å². The van der Waals surface area contributed by atoms with E-state index in [4.69, 9.17) is 4.74 Å². The fourth-order valence-corrected chi connectivity index (χ4v) is 4.03. The van der Waals surface area contributed by atoms with Gasteiger partial charge in [-0.2, -0.15) is 4.57 Å². The van der Waals surface area contributed by atoms with Crippen LogP contribution in [0.2, 0.25) is 0 Å².